The van der Waals surface area contributed by atoms with Gasteiger partial charge in [0.15, 0.2) is 11.9 Å². The van der Waals surface area contributed by atoms with E-state index >= 15 is 0 Å². The first kappa shape index (κ1) is 51.0. The van der Waals surface area contributed by atoms with Crippen molar-refractivity contribution in [3.63, 3.8) is 0 Å². The first-order chi connectivity index (χ1) is 27.2. The number of hydrogen-bond donors (Lipinski definition) is 7. The van der Waals surface area contributed by atoms with Gasteiger partial charge in [0.05, 0.1) is 25.3 Å². The molecule has 0 aliphatic heterocycles. The number of carbonyl (C=O) groups is 3. The molecule has 1 amide bonds. The van der Waals surface area contributed by atoms with Crippen LogP contribution in [-0.2, 0) is 14.4 Å². The molecule has 14 nitrogen and oxygen atoms in total. The van der Waals surface area contributed by atoms with Crippen LogP contribution in [0.2, 0.25) is 0 Å². The summed E-state index contributed by atoms with van der Waals surface area (Å²) in [6.45, 7) is 14.4. The Morgan fingerprint density at radius 2 is 1.37 bits per heavy atom. The average Bonchev–Trinajstić information content (AvgIpc) is 3.47. The van der Waals surface area contributed by atoms with Crippen molar-refractivity contribution in [2.24, 2.45) is 84.4 Å². The summed E-state index contributed by atoms with van der Waals surface area (Å²) in [5.41, 5.74) is 28.0. The molecule has 0 aromatic carbocycles. The quantitative estimate of drug-likeness (QED) is 0.0492. The smallest absolute Gasteiger partial charge is 0.475 e. The van der Waals surface area contributed by atoms with Crippen molar-refractivity contribution < 1.29 is 50.9 Å². The number of fused-ring (bicyclic) bond motifs is 5. The van der Waals surface area contributed by atoms with Crippen LogP contribution in [0.3, 0.4) is 0 Å². The van der Waals surface area contributed by atoms with Crippen molar-refractivity contribution in [2.75, 3.05) is 32.7 Å². The molecule has 3 saturated carbocycles. The summed E-state index contributed by atoms with van der Waals surface area (Å²) in [5, 5.41) is 18.8. The zero-order valence-corrected chi connectivity index (χ0v) is 34.8. The SMILES string of the molecule is CC(C)CCC[C@@H](C)[C@H]1CC[C@H]2[C@@H]3CCC4=C/C(=N\NC(=O)CN(CCN=C(N)N)CCN=C(N)N)CC[C@]4(C)[C@H]3CC[C@]12C.O=C(O)C(F)(F)F.O=C(O)C(F)(F)F. The molecule has 4 aliphatic rings. The molecule has 0 saturated heterocycles. The molecule has 0 radical (unpaired) electrons. The van der Waals surface area contributed by atoms with Crippen LogP contribution in [0.25, 0.3) is 0 Å². The van der Waals surface area contributed by atoms with Gasteiger partial charge in [-0.1, -0.05) is 59.5 Å². The van der Waals surface area contributed by atoms with Gasteiger partial charge in [0.1, 0.15) is 0 Å². The Morgan fingerprint density at radius 1 is 0.831 bits per heavy atom. The van der Waals surface area contributed by atoms with E-state index in [0.717, 1.165) is 60.5 Å². The van der Waals surface area contributed by atoms with Crippen molar-refractivity contribution in [1.82, 2.24) is 10.3 Å². The Morgan fingerprint density at radius 3 is 1.86 bits per heavy atom. The number of alkyl halides is 6. The third-order valence-electron chi connectivity index (χ3n) is 12.8. The normalized spacial score (nSPS) is 27.3. The van der Waals surface area contributed by atoms with Gasteiger partial charge in [-0.05, 0) is 104 Å². The number of hydrogen-bond acceptors (Lipinski definition) is 7. The number of hydrazone groups is 1. The number of nitrogens with zero attached hydrogens (tertiary/aromatic N) is 4. The fourth-order valence-corrected chi connectivity index (χ4v) is 9.97. The molecule has 0 aromatic rings. The van der Waals surface area contributed by atoms with Gasteiger partial charge < -0.3 is 33.1 Å². The van der Waals surface area contributed by atoms with Crippen LogP contribution < -0.4 is 28.4 Å². The van der Waals surface area contributed by atoms with Crippen LogP contribution in [-0.4, -0.2) is 95.7 Å². The second kappa shape index (κ2) is 21.9. The van der Waals surface area contributed by atoms with Crippen LogP contribution >= 0.6 is 0 Å². The van der Waals surface area contributed by atoms with Crippen LogP contribution in [0.15, 0.2) is 26.7 Å². The maximum atomic E-state index is 12.9. The lowest BCUT2D eigenvalue weighted by molar-refractivity contribution is -0.193. The van der Waals surface area contributed by atoms with Crippen LogP contribution in [0.4, 0.5) is 26.3 Å². The zero-order valence-electron chi connectivity index (χ0n) is 34.8. The van der Waals surface area contributed by atoms with E-state index < -0.39 is 24.3 Å². The topological polar surface area (TPSA) is 248 Å². The second-order valence-electron chi connectivity index (χ2n) is 17.2. The van der Waals surface area contributed by atoms with E-state index in [1.54, 1.807) is 5.57 Å². The maximum Gasteiger partial charge on any atom is 0.490 e. The monoisotopic (exact) mass is 854 g/mol. The van der Waals surface area contributed by atoms with E-state index in [0.29, 0.717) is 31.6 Å². The molecule has 0 heterocycles. The van der Waals surface area contributed by atoms with Crippen LogP contribution in [0.1, 0.15) is 105 Å². The molecule has 4 aliphatic carbocycles. The molecule has 0 bridgehead atoms. The minimum atomic E-state index is -5.08. The zero-order chi connectivity index (χ0) is 44.9. The molecule has 7 atom stereocenters. The average molecular weight is 854 g/mol. The van der Waals surface area contributed by atoms with Crippen molar-refractivity contribution in [3.05, 3.63) is 11.6 Å². The van der Waals surface area contributed by atoms with Gasteiger partial charge in [0, 0.05) is 13.1 Å². The molecule has 20 heteroatoms. The lowest BCUT2D eigenvalue weighted by atomic mass is 9.46. The third kappa shape index (κ3) is 15.5. The number of amides is 1. The lowest BCUT2D eigenvalue weighted by Crippen LogP contribution is -2.51. The van der Waals surface area contributed by atoms with Gasteiger partial charge >= 0.3 is 24.3 Å². The van der Waals surface area contributed by atoms with Gasteiger partial charge in [-0.2, -0.15) is 31.4 Å². The standard InChI is InChI=1S/C35H63N9O.2C2HF3O2/c1-23(2)7-6-8-24(3)28-11-12-29-27-10-9-25-21-26(13-15-34(25,4)30(27)14-16-35(28,29)5)42-43-31(45)22-44(19-17-40-32(36)37)20-18-41-33(38)39;2*3-2(4,5)1(6)7/h21,23-24,27-30H,6-20,22H2,1-5H3,(H,43,45)(H4,36,37,40)(H4,38,39,41);2*(H,6,7)/b42-26-;;/t24-,27+,28-,29+,30+,34+,35-;;/m1../s1. The minimum absolute atomic E-state index is 0.0261. The summed E-state index contributed by atoms with van der Waals surface area (Å²) in [6, 6.07) is 0. The number of aliphatic imine (C=N–C) groups is 2. The fourth-order valence-electron chi connectivity index (χ4n) is 9.97. The summed E-state index contributed by atoms with van der Waals surface area (Å²) in [5.74, 6) is -0.590. The van der Waals surface area contributed by atoms with Crippen LogP contribution in [0, 0.1) is 46.3 Å². The van der Waals surface area contributed by atoms with Crippen molar-refractivity contribution in [3.8, 4) is 0 Å². The Kier molecular flexibility index (Phi) is 19.0. The number of carbonyl (C=O) groups excluding carboxylic acids is 1. The molecule has 338 valence electrons. The maximum absolute atomic E-state index is 12.9. The van der Waals surface area contributed by atoms with E-state index in [2.05, 4.69) is 61.2 Å². The van der Waals surface area contributed by atoms with Crippen molar-refractivity contribution in [2.45, 2.75) is 118 Å². The van der Waals surface area contributed by atoms with Crippen LogP contribution in [0.5, 0.6) is 0 Å². The van der Waals surface area contributed by atoms with Gasteiger partial charge in [-0.25, -0.2) is 15.0 Å². The fraction of sp³-hybridized carbons (Fsp3) is 0.795. The number of aliphatic carboxylic acids is 2. The molecule has 0 unspecified atom stereocenters. The minimum Gasteiger partial charge on any atom is -0.475 e. The number of allylic oxidation sites excluding steroid dienone is 2. The van der Waals surface area contributed by atoms with E-state index in [1.165, 1.54) is 51.4 Å². The number of carboxylic acids is 2. The first-order valence-electron chi connectivity index (χ1n) is 20.2. The molecule has 3 fully saturated rings. The number of halogens is 6. The Labute approximate surface area is 342 Å². The van der Waals surface area contributed by atoms with Gasteiger partial charge in [0.25, 0.3) is 5.91 Å². The summed E-state index contributed by atoms with van der Waals surface area (Å²) in [6.07, 6.45) is 6.41. The molecule has 11 N–H and O–H groups in total. The molecule has 4 rings (SSSR count). The lowest BCUT2D eigenvalue weighted by Gasteiger charge is -2.58. The van der Waals surface area contributed by atoms with Gasteiger partial charge in [-0.15, -0.1) is 0 Å². The molecule has 0 spiro atoms. The molecule has 59 heavy (non-hydrogen) atoms. The highest BCUT2D eigenvalue weighted by atomic mass is 19.4. The molecule has 0 aromatic heterocycles. The van der Waals surface area contributed by atoms with Gasteiger partial charge in [-0.3, -0.25) is 19.7 Å². The predicted molar refractivity (Wildman–Crippen MR) is 214 cm³/mol. The highest BCUT2D eigenvalue weighted by Gasteiger charge is 2.59. The predicted octanol–water partition coefficient (Wildman–Crippen LogP) is 5.62. The number of carboxylic acid groups (broad SMARTS) is 2. The summed E-state index contributed by atoms with van der Waals surface area (Å²) < 4.78 is 63.5. The Hall–Kier alpha value is -4.10. The number of nitrogens with two attached hydrogens (primary N) is 4. The van der Waals surface area contributed by atoms with E-state index in [1.807, 2.05) is 4.90 Å². The Bertz CT molecular complexity index is 1500. The third-order valence-corrected chi connectivity index (χ3v) is 12.8. The van der Waals surface area contributed by atoms with E-state index in [-0.39, 0.29) is 29.8 Å². The molecular formula is C39H65F6N9O5. The Balaban J connectivity index is 0.000000732. The number of guanidine groups is 2. The van der Waals surface area contributed by atoms with Gasteiger partial charge in [0.2, 0.25) is 0 Å². The summed E-state index contributed by atoms with van der Waals surface area (Å²) in [4.78, 5) is 40.7. The summed E-state index contributed by atoms with van der Waals surface area (Å²) >= 11 is 0. The van der Waals surface area contributed by atoms with E-state index in [4.69, 9.17) is 42.7 Å². The summed E-state index contributed by atoms with van der Waals surface area (Å²) in [7, 11) is 0. The first-order valence-corrected chi connectivity index (χ1v) is 20.2. The largest absolute Gasteiger partial charge is 0.490 e. The highest BCUT2D eigenvalue weighted by Crippen LogP contribution is 2.67. The number of rotatable bonds is 14. The van der Waals surface area contributed by atoms with Crippen molar-refractivity contribution in [1.29, 1.82) is 0 Å². The number of nitrogens with one attached hydrogen (secondary N) is 1. The molecular weight excluding hydrogens is 788 g/mol. The van der Waals surface area contributed by atoms with Crippen molar-refractivity contribution >= 4 is 35.5 Å². The second-order valence-corrected chi connectivity index (χ2v) is 17.2. The highest BCUT2D eigenvalue weighted by molar-refractivity contribution is 5.97. The van der Waals surface area contributed by atoms with E-state index in [9.17, 15) is 31.1 Å².